The average Bonchev–Trinajstić information content (AvgIpc) is 2.76. The third-order valence-electron chi connectivity index (χ3n) is 3.04. The zero-order valence-electron chi connectivity index (χ0n) is 11.7. The summed E-state index contributed by atoms with van der Waals surface area (Å²) in [6.45, 7) is 4.52. The molecular formula is C13H18N4O2S. The van der Waals surface area contributed by atoms with Crippen LogP contribution in [0.25, 0.3) is 10.3 Å². The maximum absolute atomic E-state index is 12.3. The predicted molar refractivity (Wildman–Crippen MR) is 79.8 cm³/mol. The van der Waals surface area contributed by atoms with Gasteiger partial charge < -0.3 is 15.8 Å². The van der Waals surface area contributed by atoms with E-state index in [2.05, 4.69) is 15.3 Å². The summed E-state index contributed by atoms with van der Waals surface area (Å²) in [6.07, 6.45) is 3.15. The Morgan fingerprint density at radius 2 is 2.15 bits per heavy atom. The highest BCUT2D eigenvalue weighted by Crippen LogP contribution is 2.30. The molecule has 108 valence electrons. The summed E-state index contributed by atoms with van der Waals surface area (Å²) in [5, 5.41) is 2.95. The average molecular weight is 294 g/mol. The quantitative estimate of drug-likeness (QED) is 0.875. The molecule has 0 saturated carbocycles. The van der Waals surface area contributed by atoms with Crippen LogP contribution in [0.5, 0.6) is 0 Å². The lowest BCUT2D eigenvalue weighted by Gasteiger charge is -2.21. The lowest BCUT2D eigenvalue weighted by molar-refractivity contribution is 0.0871. The molecule has 3 N–H and O–H groups in total. The van der Waals surface area contributed by atoms with Crippen LogP contribution in [0.2, 0.25) is 0 Å². The van der Waals surface area contributed by atoms with Crippen molar-refractivity contribution in [2.24, 2.45) is 5.92 Å². The van der Waals surface area contributed by atoms with Crippen LogP contribution in [-0.2, 0) is 4.74 Å². The van der Waals surface area contributed by atoms with E-state index in [0.717, 1.165) is 0 Å². The van der Waals surface area contributed by atoms with Gasteiger partial charge in [0.2, 0.25) is 0 Å². The number of aromatic nitrogens is 2. The topological polar surface area (TPSA) is 90.1 Å². The number of nitrogens with one attached hydrogen (secondary N) is 1. The normalized spacial score (nSPS) is 12.8. The number of nitrogens with two attached hydrogens (primary N) is 1. The number of anilines is 1. The standard InChI is InChI=1S/C13H18N4O2S/c1-7(2)8(6-19-3)17-12(18)11-9(14)10-13(20-11)16-5-4-15-10/h4-5,7-8H,6,14H2,1-3H3,(H,17,18). The number of thiophene rings is 1. The molecule has 2 heterocycles. The summed E-state index contributed by atoms with van der Waals surface area (Å²) in [5.41, 5.74) is 6.95. The van der Waals surface area contributed by atoms with Crippen molar-refractivity contribution in [3.05, 3.63) is 17.3 Å². The van der Waals surface area contributed by atoms with Crippen molar-refractivity contribution in [2.75, 3.05) is 19.5 Å². The highest BCUT2D eigenvalue weighted by Gasteiger charge is 2.22. The zero-order valence-corrected chi connectivity index (χ0v) is 12.5. The van der Waals surface area contributed by atoms with E-state index in [1.54, 1.807) is 19.5 Å². The van der Waals surface area contributed by atoms with Crippen LogP contribution in [-0.4, -0.2) is 35.6 Å². The van der Waals surface area contributed by atoms with Gasteiger partial charge in [-0.15, -0.1) is 11.3 Å². The molecule has 0 fully saturated rings. The molecule has 0 aliphatic rings. The van der Waals surface area contributed by atoms with Crippen molar-refractivity contribution in [3.8, 4) is 0 Å². The molecule has 7 heteroatoms. The molecule has 2 rings (SSSR count). The minimum Gasteiger partial charge on any atom is -0.396 e. The minimum absolute atomic E-state index is 0.0574. The maximum atomic E-state index is 12.3. The van der Waals surface area contributed by atoms with Gasteiger partial charge >= 0.3 is 0 Å². The Bertz CT molecular complexity index is 611. The summed E-state index contributed by atoms with van der Waals surface area (Å²) >= 11 is 1.25. The third-order valence-corrected chi connectivity index (χ3v) is 4.14. The Morgan fingerprint density at radius 1 is 1.45 bits per heavy atom. The van der Waals surface area contributed by atoms with E-state index >= 15 is 0 Å². The van der Waals surface area contributed by atoms with Gasteiger partial charge in [-0.25, -0.2) is 9.97 Å². The molecule has 0 saturated heterocycles. The Hall–Kier alpha value is -1.73. The fourth-order valence-corrected chi connectivity index (χ4v) is 2.75. The van der Waals surface area contributed by atoms with Gasteiger partial charge in [-0.05, 0) is 5.92 Å². The van der Waals surface area contributed by atoms with E-state index in [-0.39, 0.29) is 17.9 Å². The van der Waals surface area contributed by atoms with Crippen LogP contribution >= 0.6 is 11.3 Å². The number of carbonyl (C=O) groups excluding carboxylic acids is 1. The van der Waals surface area contributed by atoms with Crippen molar-refractivity contribution in [1.29, 1.82) is 0 Å². The number of methoxy groups -OCH3 is 1. The molecule has 0 bridgehead atoms. The summed E-state index contributed by atoms with van der Waals surface area (Å²) in [4.78, 5) is 21.8. The number of nitrogens with zero attached hydrogens (tertiary/aromatic N) is 2. The number of fused-ring (bicyclic) bond motifs is 1. The van der Waals surface area contributed by atoms with Crippen molar-refractivity contribution in [2.45, 2.75) is 19.9 Å². The highest BCUT2D eigenvalue weighted by molar-refractivity contribution is 7.21. The van der Waals surface area contributed by atoms with Crippen LogP contribution in [0.4, 0.5) is 5.69 Å². The Balaban J connectivity index is 2.24. The molecule has 0 radical (unpaired) electrons. The summed E-state index contributed by atoms with van der Waals surface area (Å²) < 4.78 is 5.12. The van der Waals surface area contributed by atoms with Crippen molar-refractivity contribution in [3.63, 3.8) is 0 Å². The van der Waals surface area contributed by atoms with Crippen LogP contribution in [0, 0.1) is 5.92 Å². The Labute approximate surface area is 121 Å². The van der Waals surface area contributed by atoms with E-state index in [0.29, 0.717) is 27.5 Å². The van der Waals surface area contributed by atoms with E-state index < -0.39 is 0 Å². The molecule has 6 nitrogen and oxygen atoms in total. The van der Waals surface area contributed by atoms with E-state index in [9.17, 15) is 4.79 Å². The second-order valence-corrected chi connectivity index (χ2v) is 5.83. The van der Waals surface area contributed by atoms with Crippen molar-refractivity contribution < 1.29 is 9.53 Å². The molecule has 1 amide bonds. The smallest absolute Gasteiger partial charge is 0.263 e. The van der Waals surface area contributed by atoms with E-state index in [4.69, 9.17) is 10.5 Å². The molecule has 20 heavy (non-hydrogen) atoms. The van der Waals surface area contributed by atoms with E-state index in [1.807, 2.05) is 13.8 Å². The second-order valence-electron chi connectivity index (χ2n) is 4.83. The Morgan fingerprint density at radius 3 is 2.75 bits per heavy atom. The molecule has 0 aromatic carbocycles. The largest absolute Gasteiger partial charge is 0.396 e. The fraction of sp³-hybridized carbons (Fsp3) is 0.462. The van der Waals surface area contributed by atoms with E-state index in [1.165, 1.54) is 11.3 Å². The lowest BCUT2D eigenvalue weighted by Crippen LogP contribution is -2.41. The molecular weight excluding hydrogens is 276 g/mol. The first kappa shape index (κ1) is 14.7. The molecule has 0 spiro atoms. The third kappa shape index (κ3) is 2.88. The number of amides is 1. The SMILES string of the molecule is COCC(NC(=O)c1sc2nccnc2c1N)C(C)C. The van der Waals surface area contributed by atoms with Gasteiger partial charge in [0.1, 0.15) is 15.2 Å². The number of hydrogen-bond donors (Lipinski definition) is 2. The zero-order chi connectivity index (χ0) is 14.7. The molecule has 0 aliphatic heterocycles. The van der Waals surface area contributed by atoms with Gasteiger partial charge in [0, 0.05) is 19.5 Å². The number of rotatable bonds is 5. The monoisotopic (exact) mass is 294 g/mol. The first-order chi connectivity index (χ1) is 9.54. The van der Waals surface area contributed by atoms with Gasteiger partial charge in [0.25, 0.3) is 5.91 Å². The summed E-state index contributed by atoms with van der Waals surface area (Å²) in [7, 11) is 1.61. The molecule has 1 unspecified atom stereocenters. The van der Waals surface area contributed by atoms with Crippen molar-refractivity contribution >= 4 is 33.3 Å². The summed E-state index contributed by atoms with van der Waals surface area (Å²) in [6, 6.07) is -0.0574. The van der Waals surface area contributed by atoms with Gasteiger partial charge in [-0.3, -0.25) is 4.79 Å². The first-order valence-electron chi connectivity index (χ1n) is 6.33. The van der Waals surface area contributed by atoms with Gasteiger partial charge in [0.15, 0.2) is 0 Å². The second kappa shape index (κ2) is 6.15. The molecule has 2 aromatic heterocycles. The van der Waals surface area contributed by atoms with Crippen LogP contribution < -0.4 is 11.1 Å². The van der Waals surface area contributed by atoms with Gasteiger partial charge in [-0.2, -0.15) is 0 Å². The minimum atomic E-state index is -0.206. The summed E-state index contributed by atoms with van der Waals surface area (Å²) in [5.74, 6) is 0.0637. The van der Waals surface area contributed by atoms with Crippen LogP contribution in [0.15, 0.2) is 12.4 Å². The first-order valence-corrected chi connectivity index (χ1v) is 7.15. The lowest BCUT2D eigenvalue weighted by atomic mass is 10.1. The predicted octanol–water partition coefficient (Wildman–Crippen LogP) is 1.67. The number of hydrogen-bond acceptors (Lipinski definition) is 6. The van der Waals surface area contributed by atoms with Crippen LogP contribution in [0.1, 0.15) is 23.5 Å². The molecule has 1 atom stereocenters. The van der Waals surface area contributed by atoms with Gasteiger partial charge in [-0.1, -0.05) is 13.8 Å². The Kier molecular flexibility index (Phi) is 4.51. The van der Waals surface area contributed by atoms with Crippen LogP contribution in [0.3, 0.4) is 0 Å². The highest BCUT2D eigenvalue weighted by atomic mass is 32.1. The maximum Gasteiger partial charge on any atom is 0.263 e. The van der Waals surface area contributed by atoms with Gasteiger partial charge in [0.05, 0.1) is 18.3 Å². The molecule has 0 aliphatic carbocycles. The molecule has 2 aromatic rings. The number of carbonyl (C=O) groups is 1. The number of ether oxygens (including phenoxy) is 1. The fourth-order valence-electron chi connectivity index (χ4n) is 1.83. The number of nitrogen functional groups attached to an aromatic ring is 1. The van der Waals surface area contributed by atoms with Crippen molar-refractivity contribution in [1.82, 2.24) is 15.3 Å².